The second kappa shape index (κ2) is 3.25. The molecule has 1 aliphatic heterocycles. The van der Waals surface area contributed by atoms with Crippen molar-refractivity contribution in [3.8, 4) is 0 Å². The summed E-state index contributed by atoms with van der Waals surface area (Å²) in [6.07, 6.45) is 0. The summed E-state index contributed by atoms with van der Waals surface area (Å²) in [6, 6.07) is 10.6. The molecule has 2 rings (SSSR count). The Morgan fingerprint density at radius 1 is 1.17 bits per heavy atom. The highest BCUT2D eigenvalue weighted by Crippen LogP contribution is 2.21. The zero-order chi connectivity index (χ0) is 8.39. The molecular formula is C10H13N2. The van der Waals surface area contributed by atoms with Crippen molar-refractivity contribution in [1.82, 2.24) is 5.32 Å². The van der Waals surface area contributed by atoms with Crippen molar-refractivity contribution in [1.29, 1.82) is 0 Å². The van der Waals surface area contributed by atoms with Gasteiger partial charge in [0, 0.05) is 25.0 Å². The predicted molar refractivity (Wildman–Crippen MR) is 49.0 cm³/mol. The fraction of sp³-hybridized carbons (Fsp3) is 0.400. The molecule has 0 aromatic heterocycles. The Morgan fingerprint density at radius 3 is 2.50 bits per heavy atom. The van der Waals surface area contributed by atoms with Crippen LogP contribution < -0.4 is 11.1 Å². The fourth-order valence-electron chi connectivity index (χ4n) is 1.68. The topological polar surface area (TPSA) is 40.1 Å². The third kappa shape index (κ3) is 1.36. The van der Waals surface area contributed by atoms with Crippen LogP contribution in [0.4, 0.5) is 0 Å². The van der Waals surface area contributed by atoms with Crippen molar-refractivity contribution in [3.05, 3.63) is 35.9 Å². The molecule has 2 unspecified atom stereocenters. The average Bonchev–Trinajstić information content (AvgIpc) is 2.53. The Hall–Kier alpha value is -0.860. The van der Waals surface area contributed by atoms with E-state index in [4.69, 9.17) is 5.73 Å². The third-order valence-corrected chi connectivity index (χ3v) is 2.41. The van der Waals surface area contributed by atoms with Crippen LogP contribution in [0.2, 0.25) is 0 Å². The highest BCUT2D eigenvalue weighted by Gasteiger charge is 2.25. The van der Waals surface area contributed by atoms with Gasteiger partial charge in [0.1, 0.15) is 0 Å². The van der Waals surface area contributed by atoms with E-state index >= 15 is 0 Å². The molecule has 1 aliphatic rings. The summed E-state index contributed by atoms with van der Waals surface area (Å²) in [7, 11) is 0. The minimum absolute atomic E-state index is 0.229. The van der Waals surface area contributed by atoms with Crippen LogP contribution in [0.5, 0.6) is 0 Å². The molecule has 1 saturated heterocycles. The van der Waals surface area contributed by atoms with Crippen molar-refractivity contribution in [2.24, 2.45) is 5.73 Å². The van der Waals surface area contributed by atoms with Crippen LogP contribution in [0.25, 0.3) is 0 Å². The van der Waals surface area contributed by atoms with Gasteiger partial charge in [-0.05, 0) is 5.56 Å². The zero-order valence-corrected chi connectivity index (χ0v) is 6.98. The maximum atomic E-state index is 5.92. The minimum atomic E-state index is 0.229. The van der Waals surface area contributed by atoms with E-state index in [9.17, 15) is 0 Å². The van der Waals surface area contributed by atoms with E-state index in [1.807, 2.05) is 6.07 Å². The molecule has 0 aliphatic carbocycles. The van der Waals surface area contributed by atoms with Crippen LogP contribution in [0.15, 0.2) is 30.3 Å². The number of hydrogen-bond donors (Lipinski definition) is 1. The van der Waals surface area contributed by atoms with Gasteiger partial charge in [0.05, 0.1) is 0 Å². The van der Waals surface area contributed by atoms with Crippen LogP contribution in [0.1, 0.15) is 11.5 Å². The first kappa shape index (κ1) is 7.77. The third-order valence-electron chi connectivity index (χ3n) is 2.41. The molecule has 12 heavy (non-hydrogen) atoms. The first-order chi connectivity index (χ1) is 5.88. The zero-order valence-electron chi connectivity index (χ0n) is 6.98. The van der Waals surface area contributed by atoms with Crippen molar-refractivity contribution < 1.29 is 0 Å². The molecule has 1 aromatic rings. The summed E-state index contributed by atoms with van der Waals surface area (Å²) in [5.41, 5.74) is 7.24. The summed E-state index contributed by atoms with van der Waals surface area (Å²) in [4.78, 5) is 0. The summed E-state index contributed by atoms with van der Waals surface area (Å²) < 4.78 is 0. The van der Waals surface area contributed by atoms with Gasteiger partial charge in [-0.1, -0.05) is 30.3 Å². The van der Waals surface area contributed by atoms with Crippen molar-refractivity contribution in [2.45, 2.75) is 12.0 Å². The van der Waals surface area contributed by atoms with Gasteiger partial charge < -0.3 is 5.73 Å². The lowest BCUT2D eigenvalue weighted by molar-refractivity contribution is 0.653. The molecule has 1 heterocycles. The van der Waals surface area contributed by atoms with Gasteiger partial charge >= 0.3 is 0 Å². The van der Waals surface area contributed by atoms with Gasteiger partial charge in [0.15, 0.2) is 0 Å². The molecule has 2 heteroatoms. The normalized spacial score (nSPS) is 29.1. The lowest BCUT2D eigenvalue weighted by Crippen LogP contribution is -2.26. The van der Waals surface area contributed by atoms with E-state index < -0.39 is 0 Å². The molecule has 1 radical (unpaired) electrons. The Kier molecular flexibility index (Phi) is 2.11. The highest BCUT2D eigenvalue weighted by molar-refractivity contribution is 5.23. The molecule has 0 amide bonds. The van der Waals surface area contributed by atoms with Crippen LogP contribution in [-0.4, -0.2) is 19.1 Å². The smallest absolute Gasteiger partial charge is 0.0292 e. The Bertz CT molecular complexity index is 245. The summed E-state index contributed by atoms with van der Waals surface area (Å²) in [5.74, 6) is 0.450. The molecule has 1 fully saturated rings. The largest absolute Gasteiger partial charge is 0.326 e. The number of benzene rings is 1. The van der Waals surface area contributed by atoms with Crippen LogP contribution >= 0.6 is 0 Å². The number of nitrogens with zero attached hydrogens (tertiary/aromatic N) is 1. The molecule has 0 bridgehead atoms. The molecule has 0 spiro atoms. The molecule has 0 saturated carbocycles. The molecular weight excluding hydrogens is 148 g/mol. The minimum Gasteiger partial charge on any atom is -0.326 e. The highest BCUT2D eigenvalue weighted by atomic mass is 15.0. The second-order valence-corrected chi connectivity index (χ2v) is 3.27. The van der Waals surface area contributed by atoms with Gasteiger partial charge in [0.25, 0.3) is 0 Å². The average molecular weight is 161 g/mol. The SMILES string of the molecule is NC1C[N]CC1c1ccccc1. The van der Waals surface area contributed by atoms with E-state index in [0.717, 1.165) is 13.1 Å². The second-order valence-electron chi connectivity index (χ2n) is 3.27. The van der Waals surface area contributed by atoms with E-state index in [-0.39, 0.29) is 6.04 Å². The molecule has 2 nitrogen and oxygen atoms in total. The first-order valence-corrected chi connectivity index (χ1v) is 4.31. The molecule has 2 N–H and O–H groups in total. The summed E-state index contributed by atoms with van der Waals surface area (Å²) in [5, 5.41) is 4.30. The maximum Gasteiger partial charge on any atom is 0.0292 e. The first-order valence-electron chi connectivity index (χ1n) is 4.31. The number of hydrogen-bond acceptors (Lipinski definition) is 1. The van der Waals surface area contributed by atoms with E-state index in [0.29, 0.717) is 5.92 Å². The molecule has 1 aromatic carbocycles. The maximum absolute atomic E-state index is 5.92. The van der Waals surface area contributed by atoms with Gasteiger partial charge in [-0.3, -0.25) is 0 Å². The quantitative estimate of drug-likeness (QED) is 0.647. The monoisotopic (exact) mass is 161 g/mol. The van der Waals surface area contributed by atoms with Gasteiger partial charge in [0.2, 0.25) is 0 Å². The van der Waals surface area contributed by atoms with E-state index in [2.05, 4.69) is 29.6 Å². The predicted octanol–water partition coefficient (Wildman–Crippen LogP) is 0.715. The van der Waals surface area contributed by atoms with Crippen molar-refractivity contribution in [3.63, 3.8) is 0 Å². The van der Waals surface area contributed by atoms with Crippen LogP contribution in [0, 0.1) is 0 Å². The van der Waals surface area contributed by atoms with Crippen molar-refractivity contribution >= 4 is 0 Å². The fourth-order valence-corrected chi connectivity index (χ4v) is 1.68. The standard InChI is InChI=1S/C10H13N2/c11-10-7-12-6-9(10)8-4-2-1-3-5-8/h1-5,9-10H,6-7,11H2. The van der Waals surface area contributed by atoms with Crippen LogP contribution in [-0.2, 0) is 0 Å². The Morgan fingerprint density at radius 2 is 1.92 bits per heavy atom. The lowest BCUT2D eigenvalue weighted by Gasteiger charge is -2.13. The van der Waals surface area contributed by atoms with E-state index in [1.165, 1.54) is 5.56 Å². The number of rotatable bonds is 1. The van der Waals surface area contributed by atoms with E-state index in [1.54, 1.807) is 0 Å². The number of nitrogens with two attached hydrogens (primary N) is 1. The van der Waals surface area contributed by atoms with Gasteiger partial charge in [-0.25, -0.2) is 5.32 Å². The van der Waals surface area contributed by atoms with Gasteiger partial charge in [-0.2, -0.15) is 0 Å². The summed E-state index contributed by atoms with van der Waals surface area (Å²) >= 11 is 0. The molecule has 2 atom stereocenters. The van der Waals surface area contributed by atoms with Crippen LogP contribution in [0.3, 0.4) is 0 Å². The molecule has 63 valence electrons. The lowest BCUT2D eigenvalue weighted by atomic mass is 9.95. The van der Waals surface area contributed by atoms with Gasteiger partial charge in [-0.15, -0.1) is 0 Å². The Labute approximate surface area is 72.8 Å². The summed E-state index contributed by atoms with van der Waals surface area (Å²) in [6.45, 7) is 1.71. The Balaban J connectivity index is 2.19. The van der Waals surface area contributed by atoms with Crippen molar-refractivity contribution in [2.75, 3.05) is 13.1 Å².